The van der Waals surface area contributed by atoms with Crippen molar-refractivity contribution in [2.75, 3.05) is 20.3 Å². The fourth-order valence-electron chi connectivity index (χ4n) is 3.39. The van der Waals surface area contributed by atoms with Crippen molar-refractivity contribution in [1.82, 2.24) is 0 Å². The molecule has 0 aliphatic carbocycles. The van der Waals surface area contributed by atoms with E-state index in [0.29, 0.717) is 34.8 Å². The molecule has 0 aromatic heterocycles. The first-order valence-electron chi connectivity index (χ1n) is 10.9. The number of hydrogen-bond donors (Lipinski definition) is 0. The first-order valence-corrected chi connectivity index (χ1v) is 10.9. The molecule has 2 aromatic carbocycles. The fraction of sp³-hybridized carbons (Fsp3) is 0.333. The summed E-state index contributed by atoms with van der Waals surface area (Å²) in [6.45, 7) is 13.5. The highest BCUT2D eigenvalue weighted by atomic mass is 16.5. The van der Waals surface area contributed by atoms with Crippen LogP contribution in [0.15, 0.2) is 61.7 Å². The molecule has 0 bridgehead atoms. The Morgan fingerprint density at radius 2 is 1.61 bits per heavy atom. The fourth-order valence-corrected chi connectivity index (χ4v) is 3.39. The third-order valence-electron chi connectivity index (χ3n) is 4.82. The van der Waals surface area contributed by atoms with E-state index in [0.717, 1.165) is 0 Å². The van der Waals surface area contributed by atoms with Crippen molar-refractivity contribution in [2.24, 2.45) is 0 Å². The Balaban J connectivity index is 2.66. The molecule has 1 unspecified atom stereocenters. The summed E-state index contributed by atoms with van der Waals surface area (Å²) in [5, 5.41) is 0. The third-order valence-corrected chi connectivity index (χ3v) is 4.82. The van der Waals surface area contributed by atoms with Gasteiger partial charge in [-0.05, 0) is 56.2 Å². The van der Waals surface area contributed by atoms with Crippen molar-refractivity contribution in [1.29, 1.82) is 0 Å². The number of hydrogen-bond acceptors (Lipinski definition) is 6. The van der Waals surface area contributed by atoms with Crippen molar-refractivity contribution in [2.45, 2.75) is 39.2 Å². The van der Waals surface area contributed by atoms with E-state index in [9.17, 15) is 9.59 Å². The predicted molar refractivity (Wildman–Crippen MR) is 129 cm³/mol. The maximum Gasteiger partial charge on any atom is 0.313 e. The maximum absolute atomic E-state index is 13.7. The van der Waals surface area contributed by atoms with Crippen LogP contribution in [0.1, 0.15) is 54.6 Å². The Hall–Kier alpha value is -3.54. The van der Waals surface area contributed by atoms with Crippen LogP contribution in [0.4, 0.5) is 0 Å². The second-order valence-electron chi connectivity index (χ2n) is 7.59. The van der Waals surface area contributed by atoms with Crippen LogP contribution in [-0.2, 0) is 9.53 Å². The molecular formula is C27H32O6. The van der Waals surface area contributed by atoms with Crippen LogP contribution < -0.4 is 14.2 Å². The number of benzene rings is 2. The van der Waals surface area contributed by atoms with Crippen molar-refractivity contribution >= 4 is 11.8 Å². The third kappa shape index (κ3) is 6.72. The standard InChI is InChI=1S/C27H32O6/c1-7-14-31-21-16-23(22(9-3)27(29)30-6)25(24(17-21)32-15-8-2)26(28)19-10-12-20(13-11-19)33-18(4)5/h7-8,10-13,16-18,22H,1-2,9,14-15H2,3-6H3. The van der Waals surface area contributed by atoms with E-state index in [1.165, 1.54) is 7.11 Å². The molecule has 6 heteroatoms. The first-order chi connectivity index (χ1) is 15.9. The zero-order chi connectivity index (χ0) is 24.4. The number of rotatable bonds is 13. The zero-order valence-corrected chi connectivity index (χ0v) is 19.8. The van der Waals surface area contributed by atoms with Gasteiger partial charge in [-0.25, -0.2) is 0 Å². The summed E-state index contributed by atoms with van der Waals surface area (Å²) in [6.07, 6.45) is 3.65. The van der Waals surface area contributed by atoms with Gasteiger partial charge in [-0.2, -0.15) is 0 Å². The van der Waals surface area contributed by atoms with Gasteiger partial charge in [-0.3, -0.25) is 9.59 Å². The van der Waals surface area contributed by atoms with Gasteiger partial charge in [0.1, 0.15) is 30.5 Å². The van der Waals surface area contributed by atoms with Crippen LogP contribution in [0.2, 0.25) is 0 Å². The SMILES string of the molecule is C=CCOc1cc(OCC=C)c(C(=O)c2ccc(OC(C)C)cc2)c(C(CC)C(=O)OC)c1. The molecule has 0 spiro atoms. The minimum absolute atomic E-state index is 0.0190. The van der Waals surface area contributed by atoms with Gasteiger partial charge in [0.15, 0.2) is 5.78 Å². The van der Waals surface area contributed by atoms with E-state index < -0.39 is 11.9 Å². The van der Waals surface area contributed by atoms with Crippen LogP contribution in [0.3, 0.4) is 0 Å². The summed E-state index contributed by atoms with van der Waals surface area (Å²) in [6, 6.07) is 10.2. The van der Waals surface area contributed by atoms with Gasteiger partial charge in [-0.15, -0.1) is 0 Å². The van der Waals surface area contributed by atoms with Crippen LogP contribution in [0.25, 0.3) is 0 Å². The van der Waals surface area contributed by atoms with Crippen LogP contribution in [0, 0.1) is 0 Å². The Kier molecular flexibility index (Phi) is 9.73. The zero-order valence-electron chi connectivity index (χ0n) is 19.8. The highest BCUT2D eigenvalue weighted by molar-refractivity contribution is 6.12. The van der Waals surface area contributed by atoms with Gasteiger partial charge in [0.2, 0.25) is 0 Å². The van der Waals surface area contributed by atoms with Gasteiger partial charge in [0, 0.05) is 11.6 Å². The molecule has 1 atom stereocenters. The van der Waals surface area contributed by atoms with Crippen molar-refractivity contribution in [3.8, 4) is 17.2 Å². The summed E-state index contributed by atoms with van der Waals surface area (Å²) < 4.78 is 22.3. The Labute approximate surface area is 195 Å². The minimum atomic E-state index is -0.671. The highest BCUT2D eigenvalue weighted by Gasteiger charge is 2.29. The molecule has 6 nitrogen and oxygen atoms in total. The average molecular weight is 453 g/mol. The normalized spacial score (nSPS) is 11.4. The number of carbonyl (C=O) groups is 2. The van der Waals surface area contributed by atoms with Crippen molar-refractivity contribution in [3.05, 3.63) is 78.4 Å². The van der Waals surface area contributed by atoms with Gasteiger partial charge < -0.3 is 18.9 Å². The van der Waals surface area contributed by atoms with Crippen molar-refractivity contribution in [3.63, 3.8) is 0 Å². The van der Waals surface area contributed by atoms with E-state index in [1.54, 1.807) is 48.6 Å². The average Bonchev–Trinajstić information content (AvgIpc) is 2.81. The highest BCUT2D eigenvalue weighted by Crippen LogP contribution is 2.37. The summed E-state index contributed by atoms with van der Waals surface area (Å²) in [5.41, 5.74) is 1.21. The first kappa shape index (κ1) is 25.7. The van der Waals surface area contributed by atoms with Crippen LogP contribution in [-0.4, -0.2) is 38.2 Å². The Morgan fingerprint density at radius 3 is 2.15 bits per heavy atom. The lowest BCUT2D eigenvalue weighted by Gasteiger charge is -2.21. The Bertz CT molecular complexity index is 975. The van der Waals surface area contributed by atoms with E-state index in [2.05, 4.69) is 13.2 Å². The molecule has 0 amide bonds. The van der Waals surface area contributed by atoms with E-state index in [-0.39, 0.29) is 30.7 Å². The molecule has 33 heavy (non-hydrogen) atoms. The van der Waals surface area contributed by atoms with Gasteiger partial charge in [0.25, 0.3) is 0 Å². The summed E-state index contributed by atoms with van der Waals surface area (Å²) in [5.74, 6) is 0.0420. The summed E-state index contributed by atoms with van der Waals surface area (Å²) in [7, 11) is 1.33. The lowest BCUT2D eigenvalue weighted by atomic mass is 9.87. The monoisotopic (exact) mass is 452 g/mol. The van der Waals surface area contributed by atoms with Crippen LogP contribution in [0.5, 0.6) is 17.2 Å². The van der Waals surface area contributed by atoms with E-state index >= 15 is 0 Å². The molecule has 0 N–H and O–H groups in total. The molecule has 0 heterocycles. The molecular weight excluding hydrogens is 420 g/mol. The number of esters is 1. The molecule has 0 radical (unpaired) electrons. The molecule has 2 aromatic rings. The lowest BCUT2D eigenvalue weighted by molar-refractivity contribution is -0.142. The maximum atomic E-state index is 13.7. The van der Waals surface area contributed by atoms with Gasteiger partial charge >= 0.3 is 5.97 Å². The van der Waals surface area contributed by atoms with Gasteiger partial charge in [0.05, 0.1) is 24.7 Å². The molecule has 2 rings (SSSR count). The minimum Gasteiger partial charge on any atom is -0.491 e. The van der Waals surface area contributed by atoms with E-state index in [1.807, 2.05) is 20.8 Å². The van der Waals surface area contributed by atoms with Crippen LogP contribution >= 0.6 is 0 Å². The molecule has 0 saturated carbocycles. The number of ether oxygens (including phenoxy) is 4. The molecule has 0 aliphatic rings. The largest absolute Gasteiger partial charge is 0.491 e. The Morgan fingerprint density at radius 1 is 0.970 bits per heavy atom. The van der Waals surface area contributed by atoms with Gasteiger partial charge in [-0.1, -0.05) is 32.2 Å². The number of methoxy groups -OCH3 is 1. The number of carbonyl (C=O) groups excluding carboxylic acids is 2. The summed E-state index contributed by atoms with van der Waals surface area (Å²) >= 11 is 0. The van der Waals surface area contributed by atoms with Crippen molar-refractivity contribution < 1.29 is 28.5 Å². The quantitative estimate of drug-likeness (QED) is 0.227. The molecule has 0 aliphatic heterocycles. The molecule has 176 valence electrons. The molecule has 0 fully saturated rings. The smallest absolute Gasteiger partial charge is 0.313 e. The predicted octanol–water partition coefficient (Wildman–Crippen LogP) is 5.50. The number of ketones is 1. The molecule has 0 saturated heterocycles. The second-order valence-corrected chi connectivity index (χ2v) is 7.59. The summed E-state index contributed by atoms with van der Waals surface area (Å²) in [4.78, 5) is 26.3. The second kappa shape index (κ2) is 12.5. The van der Waals surface area contributed by atoms with E-state index in [4.69, 9.17) is 18.9 Å². The lowest BCUT2D eigenvalue weighted by Crippen LogP contribution is -2.19. The topological polar surface area (TPSA) is 71.1 Å².